The highest BCUT2D eigenvalue weighted by Crippen LogP contribution is 2.30. The lowest BCUT2D eigenvalue weighted by Gasteiger charge is -2.29. The fraction of sp³-hybridized carbons (Fsp3) is 0.652. The Hall–Kier alpha value is -2.42. The maximum Gasteiger partial charge on any atom is 0.509 e. The van der Waals surface area contributed by atoms with Crippen LogP contribution in [0.25, 0.3) is 0 Å². The van der Waals surface area contributed by atoms with Crippen LogP contribution in [0.5, 0.6) is 0 Å². The van der Waals surface area contributed by atoms with Crippen molar-refractivity contribution in [1.29, 1.82) is 0 Å². The lowest BCUT2D eigenvalue weighted by molar-refractivity contribution is -0.0486. The van der Waals surface area contributed by atoms with E-state index in [1.807, 2.05) is 0 Å². The minimum atomic E-state index is -2.97. The molecule has 1 N–H and O–H groups in total. The standard InChI is InChI=1S/C23H33F2NO6/c1-21(2,3)31-19(28)26-13-17(30-20(29)32-22(4,5)6)18(27)16(26)12-14-8-10-15(11-9-14)23(7,24)25/h8-11,16-18,27H,12-13H2,1-7H3/t16-,17+,18+/m1/s1. The highest BCUT2D eigenvalue weighted by Gasteiger charge is 2.47. The van der Waals surface area contributed by atoms with Crippen molar-refractivity contribution in [2.24, 2.45) is 0 Å². The zero-order chi connectivity index (χ0) is 24.5. The van der Waals surface area contributed by atoms with Crippen LogP contribution >= 0.6 is 0 Å². The first-order valence-electron chi connectivity index (χ1n) is 10.5. The van der Waals surface area contributed by atoms with E-state index >= 15 is 0 Å². The smallest absolute Gasteiger partial charge is 0.444 e. The predicted octanol–water partition coefficient (Wildman–Crippen LogP) is 4.64. The van der Waals surface area contributed by atoms with Crippen molar-refractivity contribution < 1.29 is 37.7 Å². The van der Waals surface area contributed by atoms with E-state index in [1.165, 1.54) is 29.2 Å². The maximum atomic E-state index is 13.5. The van der Waals surface area contributed by atoms with Crippen molar-refractivity contribution in [2.45, 2.75) is 90.3 Å². The second-order valence-corrected chi connectivity index (χ2v) is 10.1. The average Bonchev–Trinajstić information content (AvgIpc) is 2.88. The number of nitrogens with zero attached hydrogens (tertiary/aromatic N) is 1. The normalized spacial score (nSPS) is 21.9. The van der Waals surface area contributed by atoms with E-state index in [4.69, 9.17) is 14.2 Å². The van der Waals surface area contributed by atoms with Gasteiger partial charge in [0.15, 0.2) is 6.10 Å². The summed E-state index contributed by atoms with van der Waals surface area (Å²) in [5.74, 6) is -2.97. The first kappa shape index (κ1) is 25.8. The van der Waals surface area contributed by atoms with Crippen molar-refractivity contribution in [2.75, 3.05) is 6.54 Å². The van der Waals surface area contributed by atoms with Crippen LogP contribution in [0.1, 0.15) is 59.6 Å². The molecule has 9 heteroatoms. The Morgan fingerprint density at radius 3 is 2.00 bits per heavy atom. The Labute approximate surface area is 187 Å². The number of benzene rings is 1. The van der Waals surface area contributed by atoms with E-state index in [9.17, 15) is 23.5 Å². The summed E-state index contributed by atoms with van der Waals surface area (Å²) in [5, 5.41) is 10.9. The molecule has 0 aliphatic carbocycles. The highest BCUT2D eigenvalue weighted by atomic mass is 19.3. The molecule has 180 valence electrons. The van der Waals surface area contributed by atoms with Gasteiger partial charge in [-0.15, -0.1) is 0 Å². The summed E-state index contributed by atoms with van der Waals surface area (Å²) in [5.41, 5.74) is -1.06. The van der Waals surface area contributed by atoms with Crippen molar-refractivity contribution in [3.63, 3.8) is 0 Å². The number of likely N-dealkylation sites (tertiary alicyclic amines) is 1. The molecule has 32 heavy (non-hydrogen) atoms. The molecule has 1 heterocycles. The molecule has 0 bridgehead atoms. The Morgan fingerprint density at radius 2 is 1.53 bits per heavy atom. The molecular formula is C23H33F2NO6. The molecule has 0 radical (unpaired) electrons. The summed E-state index contributed by atoms with van der Waals surface area (Å²) in [7, 11) is 0. The van der Waals surface area contributed by atoms with Gasteiger partial charge in [0.25, 0.3) is 5.92 Å². The van der Waals surface area contributed by atoms with Crippen LogP contribution in [0.4, 0.5) is 18.4 Å². The van der Waals surface area contributed by atoms with E-state index in [0.717, 1.165) is 6.92 Å². The van der Waals surface area contributed by atoms with Crippen molar-refractivity contribution in [3.05, 3.63) is 35.4 Å². The van der Waals surface area contributed by atoms with E-state index in [1.54, 1.807) is 41.5 Å². The molecule has 1 amide bonds. The van der Waals surface area contributed by atoms with E-state index < -0.39 is 47.6 Å². The molecule has 0 spiro atoms. The first-order chi connectivity index (χ1) is 14.5. The largest absolute Gasteiger partial charge is 0.509 e. The molecule has 1 aliphatic heterocycles. The summed E-state index contributed by atoms with van der Waals surface area (Å²) in [6.45, 7) is 10.9. The number of aliphatic hydroxyl groups excluding tert-OH is 1. The van der Waals surface area contributed by atoms with Crippen LogP contribution in [-0.2, 0) is 26.6 Å². The van der Waals surface area contributed by atoms with Gasteiger partial charge in [-0.3, -0.25) is 4.90 Å². The molecule has 2 rings (SSSR count). The third kappa shape index (κ3) is 7.32. The topological polar surface area (TPSA) is 85.3 Å². The van der Waals surface area contributed by atoms with Crippen molar-refractivity contribution >= 4 is 12.2 Å². The van der Waals surface area contributed by atoms with E-state index in [2.05, 4.69) is 0 Å². The van der Waals surface area contributed by atoms with E-state index in [-0.39, 0.29) is 18.5 Å². The Kier molecular flexibility index (Phi) is 7.44. The second kappa shape index (κ2) is 9.21. The number of alkyl halides is 2. The fourth-order valence-corrected chi connectivity index (χ4v) is 3.31. The van der Waals surface area contributed by atoms with Crippen molar-refractivity contribution in [1.82, 2.24) is 4.90 Å². The van der Waals surface area contributed by atoms with E-state index in [0.29, 0.717) is 5.56 Å². The quantitative estimate of drug-likeness (QED) is 0.663. The molecule has 7 nitrogen and oxygen atoms in total. The number of carbonyl (C=O) groups excluding carboxylic acids is 2. The Morgan fingerprint density at radius 1 is 1.00 bits per heavy atom. The average molecular weight is 458 g/mol. The van der Waals surface area contributed by atoms with Crippen LogP contribution in [-0.4, -0.2) is 58.3 Å². The van der Waals surface area contributed by atoms with Gasteiger partial charge in [0.2, 0.25) is 0 Å². The SMILES string of the molecule is CC(C)(C)OC(=O)O[C@H]1CN(C(=O)OC(C)(C)C)[C@H](Cc2ccc(C(C)(F)F)cc2)[C@@H]1O. The molecule has 1 fully saturated rings. The van der Waals surface area contributed by atoms with Gasteiger partial charge in [0.05, 0.1) is 12.6 Å². The summed E-state index contributed by atoms with van der Waals surface area (Å²) in [6, 6.07) is 4.88. The number of halogens is 2. The molecule has 0 saturated carbocycles. The molecular weight excluding hydrogens is 424 g/mol. The van der Waals surface area contributed by atoms with Crippen LogP contribution in [0.2, 0.25) is 0 Å². The summed E-state index contributed by atoms with van der Waals surface area (Å²) in [6.07, 6.45) is -3.72. The number of rotatable bonds is 4. The van der Waals surface area contributed by atoms with Gasteiger partial charge >= 0.3 is 12.2 Å². The molecule has 1 aromatic rings. The van der Waals surface area contributed by atoms with Gasteiger partial charge in [-0.05, 0) is 53.5 Å². The molecule has 1 aliphatic rings. The summed E-state index contributed by atoms with van der Waals surface area (Å²) in [4.78, 5) is 26.2. The summed E-state index contributed by atoms with van der Waals surface area (Å²) >= 11 is 0. The van der Waals surface area contributed by atoms with Crippen LogP contribution in [0.3, 0.4) is 0 Å². The van der Waals surface area contributed by atoms with Crippen molar-refractivity contribution in [3.8, 4) is 0 Å². The zero-order valence-corrected chi connectivity index (χ0v) is 19.6. The van der Waals surface area contributed by atoms with Gasteiger partial charge in [-0.1, -0.05) is 24.3 Å². The third-order valence-electron chi connectivity index (χ3n) is 4.72. The number of aliphatic hydroxyl groups is 1. The summed E-state index contributed by atoms with van der Waals surface area (Å²) < 4.78 is 42.9. The molecule has 0 unspecified atom stereocenters. The monoisotopic (exact) mass is 457 g/mol. The van der Waals surface area contributed by atoms with Crippen LogP contribution < -0.4 is 0 Å². The molecule has 3 atom stereocenters. The highest BCUT2D eigenvalue weighted by molar-refractivity contribution is 5.69. The number of amides is 1. The van der Waals surface area contributed by atoms with Crippen LogP contribution in [0, 0.1) is 0 Å². The molecule has 1 saturated heterocycles. The minimum Gasteiger partial charge on any atom is -0.444 e. The van der Waals surface area contributed by atoms with Gasteiger partial charge in [-0.2, -0.15) is 0 Å². The lowest BCUT2D eigenvalue weighted by Crippen LogP contribution is -2.43. The van der Waals surface area contributed by atoms with Crippen LogP contribution in [0.15, 0.2) is 24.3 Å². The molecule has 1 aromatic carbocycles. The minimum absolute atomic E-state index is 0.0922. The first-order valence-corrected chi connectivity index (χ1v) is 10.5. The number of hydrogen-bond donors (Lipinski definition) is 1. The lowest BCUT2D eigenvalue weighted by atomic mass is 9.99. The number of hydrogen-bond acceptors (Lipinski definition) is 6. The third-order valence-corrected chi connectivity index (χ3v) is 4.72. The maximum absolute atomic E-state index is 13.5. The van der Waals surface area contributed by atoms with Gasteiger partial charge in [0.1, 0.15) is 17.3 Å². The Bertz CT molecular complexity index is 808. The number of carbonyl (C=O) groups is 2. The van der Waals surface area contributed by atoms with Gasteiger partial charge in [0, 0.05) is 12.5 Å². The number of ether oxygens (including phenoxy) is 3. The Balaban J connectivity index is 2.22. The van der Waals surface area contributed by atoms with Gasteiger partial charge < -0.3 is 19.3 Å². The predicted molar refractivity (Wildman–Crippen MR) is 114 cm³/mol. The second-order valence-electron chi connectivity index (χ2n) is 10.1. The fourth-order valence-electron chi connectivity index (χ4n) is 3.31. The van der Waals surface area contributed by atoms with Gasteiger partial charge in [-0.25, -0.2) is 18.4 Å². The molecule has 0 aromatic heterocycles. The zero-order valence-electron chi connectivity index (χ0n) is 19.6.